The lowest BCUT2D eigenvalue weighted by molar-refractivity contribution is 0.0695. The van der Waals surface area contributed by atoms with Gasteiger partial charge in [-0.3, -0.25) is 4.79 Å². The van der Waals surface area contributed by atoms with Crippen LogP contribution in [0.15, 0.2) is 23.1 Å². The Morgan fingerprint density at radius 2 is 2.16 bits per heavy atom. The van der Waals surface area contributed by atoms with Crippen molar-refractivity contribution in [2.24, 2.45) is 0 Å². The number of carbonyl (C=O) groups is 1. The number of fused-ring (bicyclic) bond motifs is 1. The minimum absolute atomic E-state index is 0.265. The van der Waals surface area contributed by atoms with Gasteiger partial charge in [-0.05, 0) is 19.1 Å². The number of aromatic carboxylic acids is 1. The summed E-state index contributed by atoms with van der Waals surface area (Å²) < 4.78 is 6.73. The van der Waals surface area contributed by atoms with E-state index in [1.165, 1.54) is 19.4 Å². The van der Waals surface area contributed by atoms with Gasteiger partial charge in [0.05, 0.1) is 23.0 Å². The number of pyridine rings is 1. The van der Waals surface area contributed by atoms with Gasteiger partial charge in [0.25, 0.3) is 0 Å². The second-order valence-corrected chi connectivity index (χ2v) is 4.37. The molecule has 1 heterocycles. The van der Waals surface area contributed by atoms with Gasteiger partial charge in [0.1, 0.15) is 11.3 Å². The van der Waals surface area contributed by atoms with Crippen molar-refractivity contribution < 1.29 is 14.6 Å². The summed E-state index contributed by atoms with van der Waals surface area (Å²) in [6, 6.07) is 3.07. The lowest BCUT2D eigenvalue weighted by Gasteiger charge is -2.12. The van der Waals surface area contributed by atoms with E-state index in [0.717, 1.165) is 0 Å². The fourth-order valence-corrected chi connectivity index (χ4v) is 2.20. The summed E-state index contributed by atoms with van der Waals surface area (Å²) in [6.07, 6.45) is 1.33. The lowest BCUT2D eigenvalue weighted by atomic mass is 10.1. The average molecular weight is 282 g/mol. The Bertz CT molecular complexity index is 721. The van der Waals surface area contributed by atoms with Gasteiger partial charge in [0.15, 0.2) is 0 Å². The monoisotopic (exact) mass is 281 g/mol. The fraction of sp³-hybridized carbons (Fsp3) is 0.231. The Kier molecular flexibility index (Phi) is 3.48. The maximum absolute atomic E-state index is 12.1. The Morgan fingerprint density at radius 3 is 2.68 bits per heavy atom. The first-order chi connectivity index (χ1) is 8.99. The number of ether oxygens (including phenoxy) is 1. The van der Waals surface area contributed by atoms with Crippen LogP contribution < -0.4 is 10.2 Å². The number of hydrogen-bond acceptors (Lipinski definition) is 3. The zero-order valence-corrected chi connectivity index (χ0v) is 11.2. The van der Waals surface area contributed by atoms with Crippen molar-refractivity contribution >= 4 is 28.5 Å². The second kappa shape index (κ2) is 4.93. The molecule has 0 aliphatic carbocycles. The predicted molar refractivity (Wildman–Crippen MR) is 72.4 cm³/mol. The molecule has 0 bridgehead atoms. The zero-order chi connectivity index (χ0) is 14.2. The lowest BCUT2D eigenvalue weighted by Crippen LogP contribution is -2.18. The molecule has 0 amide bonds. The summed E-state index contributed by atoms with van der Waals surface area (Å²) in [5.41, 5.74) is -0.218. The first-order valence-corrected chi connectivity index (χ1v) is 6.01. The third-order valence-corrected chi connectivity index (χ3v) is 3.22. The van der Waals surface area contributed by atoms with Crippen molar-refractivity contribution in [1.82, 2.24) is 4.57 Å². The smallest absolute Gasteiger partial charge is 0.341 e. The van der Waals surface area contributed by atoms with Crippen molar-refractivity contribution in [3.8, 4) is 5.75 Å². The molecule has 0 saturated heterocycles. The maximum atomic E-state index is 12.1. The van der Waals surface area contributed by atoms with E-state index in [1.807, 2.05) is 6.92 Å². The molecule has 2 aromatic rings. The van der Waals surface area contributed by atoms with Crippen LogP contribution in [0.25, 0.3) is 10.9 Å². The molecule has 0 aliphatic rings. The van der Waals surface area contributed by atoms with E-state index in [9.17, 15) is 9.59 Å². The number of hydrogen-bond donors (Lipinski definition) is 1. The molecule has 0 fully saturated rings. The van der Waals surface area contributed by atoms with Crippen LogP contribution in [0.2, 0.25) is 5.02 Å². The number of nitrogens with zero attached hydrogens (tertiary/aromatic N) is 1. The number of halogens is 1. The molecule has 0 unspecified atom stereocenters. The third-order valence-electron chi connectivity index (χ3n) is 2.92. The van der Waals surface area contributed by atoms with E-state index in [4.69, 9.17) is 21.4 Å². The fourth-order valence-electron chi connectivity index (χ4n) is 1.96. The van der Waals surface area contributed by atoms with Crippen LogP contribution >= 0.6 is 11.6 Å². The topological polar surface area (TPSA) is 68.5 Å². The summed E-state index contributed by atoms with van der Waals surface area (Å²) in [4.78, 5) is 23.2. The van der Waals surface area contributed by atoms with E-state index in [2.05, 4.69) is 0 Å². The zero-order valence-electron chi connectivity index (χ0n) is 10.4. The van der Waals surface area contributed by atoms with E-state index in [-0.39, 0.29) is 10.9 Å². The van der Waals surface area contributed by atoms with Crippen molar-refractivity contribution in [2.75, 3.05) is 7.11 Å². The molecule has 0 spiro atoms. The highest BCUT2D eigenvalue weighted by Crippen LogP contribution is 2.28. The molecule has 0 aliphatic heterocycles. The molecule has 19 heavy (non-hydrogen) atoms. The van der Waals surface area contributed by atoms with Crippen LogP contribution in [0, 0.1) is 0 Å². The minimum Gasteiger partial charge on any atom is -0.495 e. The van der Waals surface area contributed by atoms with E-state index >= 15 is 0 Å². The molecule has 0 saturated carbocycles. The third kappa shape index (κ3) is 2.17. The van der Waals surface area contributed by atoms with E-state index < -0.39 is 11.4 Å². The van der Waals surface area contributed by atoms with Crippen molar-refractivity contribution in [2.45, 2.75) is 13.5 Å². The maximum Gasteiger partial charge on any atom is 0.341 e. The van der Waals surface area contributed by atoms with Gasteiger partial charge in [-0.15, -0.1) is 0 Å². The quantitative estimate of drug-likeness (QED) is 0.938. The normalized spacial score (nSPS) is 10.7. The summed E-state index contributed by atoms with van der Waals surface area (Å²) in [5, 5.41) is 9.71. The predicted octanol–water partition coefficient (Wildman–Crippen LogP) is 2.38. The molecule has 0 radical (unpaired) electrons. The van der Waals surface area contributed by atoms with Crippen LogP contribution in [0.1, 0.15) is 17.3 Å². The summed E-state index contributed by atoms with van der Waals surface area (Å²) in [6.45, 7) is 2.38. The number of methoxy groups -OCH3 is 1. The summed E-state index contributed by atoms with van der Waals surface area (Å²) >= 11 is 6.03. The number of aryl methyl sites for hydroxylation is 1. The minimum atomic E-state index is -1.25. The van der Waals surface area contributed by atoms with Gasteiger partial charge < -0.3 is 14.4 Å². The SMILES string of the molecule is CCn1cc(C(=O)O)c(=O)c2cc(OC)c(Cl)cc21. The molecule has 1 aromatic heterocycles. The van der Waals surface area contributed by atoms with Crippen LogP contribution in [0.4, 0.5) is 0 Å². The number of carboxylic acid groups (broad SMARTS) is 1. The van der Waals surface area contributed by atoms with Crippen molar-refractivity contribution in [3.63, 3.8) is 0 Å². The standard InChI is InChI=1S/C13H12ClNO4/c1-3-15-6-8(13(17)18)12(16)7-4-11(19-2)9(14)5-10(7)15/h4-6H,3H2,1-2H3,(H,17,18). The van der Waals surface area contributed by atoms with E-state index in [1.54, 1.807) is 10.6 Å². The highest BCUT2D eigenvalue weighted by molar-refractivity contribution is 6.32. The molecule has 1 aromatic carbocycles. The first kappa shape index (κ1) is 13.4. The molecule has 0 atom stereocenters. The molecule has 6 heteroatoms. The summed E-state index contributed by atoms with van der Waals surface area (Å²) in [7, 11) is 1.44. The van der Waals surface area contributed by atoms with Gasteiger partial charge >= 0.3 is 5.97 Å². The molecule has 100 valence electrons. The number of rotatable bonds is 3. The number of carboxylic acids is 1. The van der Waals surface area contributed by atoms with Crippen molar-refractivity contribution in [1.29, 1.82) is 0 Å². The number of aromatic nitrogens is 1. The Labute approximate surface area is 114 Å². The highest BCUT2D eigenvalue weighted by atomic mass is 35.5. The first-order valence-electron chi connectivity index (χ1n) is 5.63. The number of benzene rings is 1. The largest absolute Gasteiger partial charge is 0.495 e. The Balaban J connectivity index is 2.95. The average Bonchev–Trinajstić information content (AvgIpc) is 2.38. The van der Waals surface area contributed by atoms with Crippen molar-refractivity contribution in [3.05, 3.63) is 39.1 Å². The van der Waals surface area contributed by atoms with Gasteiger partial charge in [-0.25, -0.2) is 4.79 Å². The van der Waals surface area contributed by atoms with Gasteiger partial charge in [-0.2, -0.15) is 0 Å². The molecule has 5 nitrogen and oxygen atoms in total. The molecule has 1 N–H and O–H groups in total. The Morgan fingerprint density at radius 1 is 1.47 bits per heavy atom. The van der Waals surface area contributed by atoms with Crippen LogP contribution in [0.3, 0.4) is 0 Å². The summed E-state index contributed by atoms with van der Waals surface area (Å²) in [5.74, 6) is -0.903. The van der Waals surface area contributed by atoms with Crippen LogP contribution in [-0.4, -0.2) is 22.8 Å². The second-order valence-electron chi connectivity index (χ2n) is 3.97. The molecular formula is C13H12ClNO4. The van der Waals surface area contributed by atoms with Crippen LogP contribution in [-0.2, 0) is 6.54 Å². The van der Waals surface area contributed by atoms with Gasteiger partial charge in [-0.1, -0.05) is 11.6 Å². The highest BCUT2D eigenvalue weighted by Gasteiger charge is 2.16. The van der Waals surface area contributed by atoms with Gasteiger partial charge in [0.2, 0.25) is 5.43 Å². The van der Waals surface area contributed by atoms with Crippen LogP contribution in [0.5, 0.6) is 5.75 Å². The van der Waals surface area contributed by atoms with E-state index in [0.29, 0.717) is 22.8 Å². The van der Waals surface area contributed by atoms with Gasteiger partial charge in [0, 0.05) is 12.7 Å². The molecule has 2 rings (SSSR count). The Hall–Kier alpha value is -2.01. The molecular weight excluding hydrogens is 270 g/mol.